The first-order chi connectivity index (χ1) is 17.9. The summed E-state index contributed by atoms with van der Waals surface area (Å²) in [4.78, 5) is 26.7. The second-order valence-electron chi connectivity index (χ2n) is 7.74. The molecule has 0 saturated carbocycles. The highest BCUT2D eigenvalue weighted by Crippen LogP contribution is 2.35. The summed E-state index contributed by atoms with van der Waals surface area (Å²) in [6.07, 6.45) is 1.61. The van der Waals surface area contributed by atoms with Gasteiger partial charge in [0.25, 0.3) is 11.1 Å². The molecule has 0 radical (unpaired) electrons. The van der Waals surface area contributed by atoms with Crippen molar-refractivity contribution in [1.29, 1.82) is 0 Å². The van der Waals surface area contributed by atoms with Gasteiger partial charge in [0.15, 0.2) is 11.5 Å². The number of carbonyl (C=O) groups is 2. The number of imide groups is 1. The van der Waals surface area contributed by atoms with Crippen LogP contribution in [-0.2, 0) is 11.4 Å². The summed E-state index contributed by atoms with van der Waals surface area (Å²) in [5.41, 5.74) is 0.875. The van der Waals surface area contributed by atoms with Gasteiger partial charge in [-0.2, -0.15) is 0 Å². The summed E-state index contributed by atoms with van der Waals surface area (Å²) in [6.45, 7) is 2.30. The van der Waals surface area contributed by atoms with Gasteiger partial charge in [0, 0.05) is 5.56 Å². The van der Waals surface area contributed by atoms with Crippen LogP contribution in [0, 0.1) is 5.82 Å². The molecule has 4 rings (SSSR count). The van der Waals surface area contributed by atoms with Gasteiger partial charge in [-0.3, -0.25) is 14.5 Å². The lowest BCUT2D eigenvalue weighted by Gasteiger charge is -2.14. The van der Waals surface area contributed by atoms with Gasteiger partial charge in [0.2, 0.25) is 0 Å². The zero-order valence-electron chi connectivity index (χ0n) is 19.7. The molecule has 0 N–H and O–H groups in total. The van der Waals surface area contributed by atoms with E-state index in [4.69, 9.17) is 37.4 Å². The monoisotopic (exact) mass is 561 g/mol. The largest absolute Gasteiger partial charge is 0.490 e. The van der Waals surface area contributed by atoms with E-state index in [0.717, 1.165) is 16.7 Å². The number of para-hydroxylation sites is 1. The molecule has 37 heavy (non-hydrogen) atoms. The first-order valence-electron chi connectivity index (χ1n) is 11.3. The van der Waals surface area contributed by atoms with Crippen LogP contribution in [-0.4, -0.2) is 35.8 Å². The van der Waals surface area contributed by atoms with E-state index in [1.54, 1.807) is 54.6 Å². The lowest BCUT2D eigenvalue weighted by atomic mass is 10.1. The fourth-order valence-corrected chi connectivity index (χ4v) is 4.75. The van der Waals surface area contributed by atoms with E-state index in [1.165, 1.54) is 12.1 Å². The van der Waals surface area contributed by atoms with Gasteiger partial charge >= 0.3 is 0 Å². The molecule has 6 nitrogen and oxygen atoms in total. The molecule has 192 valence electrons. The molecular formula is C27H22Cl2FNO5S. The third-order valence-corrected chi connectivity index (χ3v) is 6.86. The molecule has 0 atom stereocenters. The molecule has 0 bridgehead atoms. The van der Waals surface area contributed by atoms with Gasteiger partial charge in [-0.25, -0.2) is 4.39 Å². The van der Waals surface area contributed by atoms with Crippen LogP contribution in [0.5, 0.6) is 17.2 Å². The predicted octanol–water partition coefficient (Wildman–Crippen LogP) is 7.23. The Kier molecular flexibility index (Phi) is 8.97. The number of hydrogen-bond donors (Lipinski definition) is 0. The van der Waals surface area contributed by atoms with Crippen LogP contribution in [0.25, 0.3) is 6.08 Å². The van der Waals surface area contributed by atoms with Crippen molar-refractivity contribution in [2.45, 2.75) is 13.5 Å². The number of hydrogen-bond acceptors (Lipinski definition) is 6. The lowest BCUT2D eigenvalue weighted by molar-refractivity contribution is -0.123. The van der Waals surface area contributed by atoms with Crippen molar-refractivity contribution in [2.75, 3.05) is 19.8 Å². The van der Waals surface area contributed by atoms with Crippen molar-refractivity contribution in [3.63, 3.8) is 0 Å². The molecule has 1 heterocycles. The first kappa shape index (κ1) is 26.9. The fraction of sp³-hybridized carbons (Fsp3) is 0.185. The standard InChI is InChI=1S/C27H22Cl2FNO5S/c1-2-34-24-14-17(10-11-23(24)36-16-18-19(28)7-5-8-21(18)30)15-25-26(32)31(27(33)37-25)12-13-35-22-9-4-3-6-20(22)29/h3-11,14-15H,2,12-13,16H2,1H3/b25-15-. The maximum Gasteiger partial charge on any atom is 0.293 e. The number of halogens is 3. The van der Waals surface area contributed by atoms with Crippen molar-refractivity contribution in [2.24, 2.45) is 0 Å². The van der Waals surface area contributed by atoms with Crippen LogP contribution in [0.1, 0.15) is 18.1 Å². The highest BCUT2D eigenvalue weighted by Gasteiger charge is 2.34. The SMILES string of the molecule is CCOc1cc(/C=C2\SC(=O)N(CCOc3ccccc3Cl)C2=O)ccc1OCc1c(F)cccc1Cl. The second kappa shape index (κ2) is 12.4. The van der Waals surface area contributed by atoms with Crippen LogP contribution >= 0.6 is 35.0 Å². The number of carbonyl (C=O) groups excluding carboxylic acids is 2. The summed E-state index contributed by atoms with van der Waals surface area (Å²) in [5.74, 6) is 0.411. The summed E-state index contributed by atoms with van der Waals surface area (Å²) in [7, 11) is 0. The van der Waals surface area contributed by atoms with Crippen LogP contribution < -0.4 is 14.2 Å². The van der Waals surface area contributed by atoms with E-state index < -0.39 is 11.7 Å². The Morgan fingerprint density at radius 3 is 2.46 bits per heavy atom. The maximum atomic E-state index is 14.1. The van der Waals surface area contributed by atoms with E-state index in [2.05, 4.69) is 0 Å². The maximum absolute atomic E-state index is 14.1. The van der Waals surface area contributed by atoms with E-state index >= 15 is 0 Å². The van der Waals surface area contributed by atoms with Gasteiger partial charge in [0.1, 0.15) is 24.8 Å². The normalized spacial score (nSPS) is 14.4. The van der Waals surface area contributed by atoms with Crippen molar-refractivity contribution in [3.8, 4) is 17.2 Å². The van der Waals surface area contributed by atoms with Crippen LogP contribution in [0.3, 0.4) is 0 Å². The number of amides is 2. The van der Waals surface area contributed by atoms with Gasteiger partial charge in [-0.1, -0.05) is 47.5 Å². The molecule has 2 amide bonds. The van der Waals surface area contributed by atoms with Gasteiger partial charge in [-0.05, 0) is 66.7 Å². The summed E-state index contributed by atoms with van der Waals surface area (Å²) < 4.78 is 31.2. The third-order valence-electron chi connectivity index (χ3n) is 5.28. The molecule has 10 heteroatoms. The number of nitrogens with zero attached hydrogens (tertiary/aromatic N) is 1. The van der Waals surface area contributed by atoms with Crippen LogP contribution in [0.2, 0.25) is 10.0 Å². The van der Waals surface area contributed by atoms with E-state index in [1.807, 2.05) is 6.92 Å². The van der Waals surface area contributed by atoms with Crippen molar-refractivity contribution >= 4 is 52.2 Å². The average molecular weight is 562 g/mol. The quantitative estimate of drug-likeness (QED) is 0.243. The van der Waals surface area contributed by atoms with Crippen LogP contribution in [0.15, 0.2) is 65.6 Å². The molecule has 1 saturated heterocycles. The topological polar surface area (TPSA) is 65.1 Å². The first-order valence-corrected chi connectivity index (χ1v) is 12.9. The zero-order chi connectivity index (χ0) is 26.4. The molecule has 0 aliphatic carbocycles. The molecule has 3 aromatic carbocycles. The molecule has 0 aromatic heterocycles. The van der Waals surface area contributed by atoms with Crippen molar-refractivity contribution < 1.29 is 28.2 Å². The zero-order valence-corrected chi connectivity index (χ0v) is 22.0. The Labute approximate surface area is 227 Å². The molecule has 0 unspecified atom stereocenters. The molecule has 3 aromatic rings. The molecule has 1 aliphatic heterocycles. The highest BCUT2D eigenvalue weighted by molar-refractivity contribution is 8.18. The van der Waals surface area contributed by atoms with E-state index in [-0.39, 0.29) is 40.5 Å². The minimum absolute atomic E-state index is 0.0833. The minimum atomic E-state index is -0.463. The van der Waals surface area contributed by atoms with Crippen molar-refractivity contribution in [3.05, 3.63) is 92.6 Å². The Bertz CT molecular complexity index is 1330. The van der Waals surface area contributed by atoms with E-state index in [0.29, 0.717) is 34.4 Å². The molecule has 1 fully saturated rings. The van der Waals surface area contributed by atoms with Crippen molar-refractivity contribution in [1.82, 2.24) is 4.90 Å². The number of thioether (sulfide) groups is 1. The Balaban J connectivity index is 1.44. The number of rotatable bonds is 10. The second-order valence-corrected chi connectivity index (χ2v) is 9.55. The average Bonchev–Trinajstić information content (AvgIpc) is 3.13. The van der Waals surface area contributed by atoms with Gasteiger partial charge in [0.05, 0.1) is 28.1 Å². The summed E-state index contributed by atoms with van der Waals surface area (Å²) >= 11 is 13.0. The molecule has 1 aliphatic rings. The predicted molar refractivity (Wildman–Crippen MR) is 143 cm³/mol. The highest BCUT2D eigenvalue weighted by atomic mass is 35.5. The molecule has 0 spiro atoms. The third kappa shape index (κ3) is 6.57. The number of ether oxygens (including phenoxy) is 3. The fourth-order valence-electron chi connectivity index (χ4n) is 3.47. The van der Waals surface area contributed by atoms with Gasteiger partial charge in [-0.15, -0.1) is 0 Å². The Morgan fingerprint density at radius 2 is 1.70 bits per heavy atom. The number of benzene rings is 3. The van der Waals surface area contributed by atoms with Crippen LogP contribution in [0.4, 0.5) is 9.18 Å². The smallest absolute Gasteiger partial charge is 0.293 e. The molecular weight excluding hydrogens is 540 g/mol. The van der Waals surface area contributed by atoms with Gasteiger partial charge < -0.3 is 14.2 Å². The minimum Gasteiger partial charge on any atom is -0.490 e. The summed E-state index contributed by atoms with van der Waals surface area (Å²) in [6, 6.07) is 16.5. The Morgan fingerprint density at radius 1 is 0.919 bits per heavy atom. The van der Waals surface area contributed by atoms with E-state index in [9.17, 15) is 14.0 Å². The Hall–Kier alpha value is -3.20. The lowest BCUT2D eigenvalue weighted by Crippen LogP contribution is -2.32. The summed E-state index contributed by atoms with van der Waals surface area (Å²) in [5, 5.41) is 0.333.